The first kappa shape index (κ1) is 22.4. The van der Waals surface area contributed by atoms with Gasteiger partial charge in [-0.1, -0.05) is 13.0 Å². The van der Waals surface area contributed by atoms with Crippen LogP contribution >= 0.6 is 0 Å². The number of rotatable bonds is 7. The van der Waals surface area contributed by atoms with Crippen LogP contribution in [0.3, 0.4) is 0 Å². The van der Waals surface area contributed by atoms with Crippen molar-refractivity contribution in [2.24, 2.45) is 0 Å². The molecule has 1 heterocycles. The number of hydrogen-bond donors (Lipinski definition) is 1. The van der Waals surface area contributed by atoms with E-state index in [9.17, 15) is 9.59 Å². The Balaban J connectivity index is 1.97. The largest absolute Gasteiger partial charge is 0.496 e. The predicted molar refractivity (Wildman–Crippen MR) is 120 cm³/mol. The Morgan fingerprint density at radius 3 is 2.16 bits per heavy atom. The molecule has 0 atom stereocenters. The number of esters is 1. The van der Waals surface area contributed by atoms with E-state index in [2.05, 4.69) is 22.0 Å². The molecule has 2 aromatic carbocycles. The molecule has 8 nitrogen and oxygen atoms in total. The number of hydrogen-bond acceptors (Lipinski definition) is 7. The van der Waals surface area contributed by atoms with E-state index in [0.717, 1.165) is 38.4 Å². The van der Waals surface area contributed by atoms with Crippen LogP contribution in [0.1, 0.15) is 27.6 Å². The van der Waals surface area contributed by atoms with Crippen molar-refractivity contribution in [1.82, 2.24) is 4.90 Å². The summed E-state index contributed by atoms with van der Waals surface area (Å²) >= 11 is 0. The van der Waals surface area contributed by atoms with Crippen LogP contribution in [0.5, 0.6) is 11.5 Å². The average molecular weight is 428 g/mol. The summed E-state index contributed by atoms with van der Waals surface area (Å²) < 4.78 is 15.6. The Hall–Kier alpha value is -3.26. The van der Waals surface area contributed by atoms with Crippen LogP contribution in [0.2, 0.25) is 0 Å². The van der Waals surface area contributed by atoms with E-state index in [1.54, 1.807) is 30.3 Å². The van der Waals surface area contributed by atoms with Crippen molar-refractivity contribution in [3.05, 3.63) is 47.5 Å². The van der Waals surface area contributed by atoms with E-state index < -0.39 is 5.97 Å². The number of amides is 1. The summed E-state index contributed by atoms with van der Waals surface area (Å²) in [5.41, 5.74) is 2.04. The summed E-state index contributed by atoms with van der Waals surface area (Å²) in [6.45, 7) is 6.67. The van der Waals surface area contributed by atoms with Crippen LogP contribution in [-0.2, 0) is 4.74 Å². The van der Waals surface area contributed by atoms with Gasteiger partial charge in [0, 0.05) is 26.2 Å². The Labute approximate surface area is 182 Å². The highest BCUT2D eigenvalue weighted by atomic mass is 16.5. The first-order valence-corrected chi connectivity index (χ1v) is 10.2. The zero-order chi connectivity index (χ0) is 22.4. The molecule has 0 aromatic heterocycles. The number of nitrogens with zero attached hydrogens (tertiary/aromatic N) is 2. The lowest BCUT2D eigenvalue weighted by molar-refractivity contribution is 0.0600. The summed E-state index contributed by atoms with van der Waals surface area (Å²) in [7, 11) is 4.34. The molecule has 8 heteroatoms. The van der Waals surface area contributed by atoms with Gasteiger partial charge >= 0.3 is 5.97 Å². The molecule has 0 aliphatic carbocycles. The van der Waals surface area contributed by atoms with Crippen LogP contribution in [0.25, 0.3) is 0 Å². The van der Waals surface area contributed by atoms with Gasteiger partial charge < -0.3 is 29.3 Å². The minimum atomic E-state index is -0.465. The van der Waals surface area contributed by atoms with Crippen molar-refractivity contribution in [2.75, 3.05) is 64.3 Å². The maximum Gasteiger partial charge on any atom is 0.337 e. The smallest absolute Gasteiger partial charge is 0.337 e. The highest BCUT2D eigenvalue weighted by Gasteiger charge is 2.23. The van der Waals surface area contributed by atoms with Gasteiger partial charge in [-0.15, -0.1) is 0 Å². The van der Waals surface area contributed by atoms with Crippen LogP contribution < -0.4 is 19.7 Å². The molecule has 1 amide bonds. The minimum Gasteiger partial charge on any atom is -0.496 e. The molecule has 1 saturated heterocycles. The van der Waals surface area contributed by atoms with Crippen LogP contribution in [0.4, 0.5) is 11.4 Å². The molecular formula is C23H29N3O5. The zero-order valence-electron chi connectivity index (χ0n) is 18.4. The molecule has 1 aliphatic heterocycles. The lowest BCUT2D eigenvalue weighted by atomic mass is 10.1. The highest BCUT2D eigenvalue weighted by molar-refractivity contribution is 6.10. The van der Waals surface area contributed by atoms with Gasteiger partial charge in [-0.3, -0.25) is 4.79 Å². The van der Waals surface area contributed by atoms with Gasteiger partial charge in [0.05, 0.1) is 38.3 Å². The van der Waals surface area contributed by atoms with Crippen molar-refractivity contribution in [1.29, 1.82) is 0 Å². The second kappa shape index (κ2) is 10.2. The van der Waals surface area contributed by atoms with E-state index in [1.165, 1.54) is 21.3 Å². The minimum absolute atomic E-state index is 0.290. The van der Waals surface area contributed by atoms with Crippen molar-refractivity contribution in [2.45, 2.75) is 6.92 Å². The second-order valence-electron chi connectivity index (χ2n) is 7.14. The molecule has 1 aliphatic rings. The number of methoxy groups -OCH3 is 3. The summed E-state index contributed by atoms with van der Waals surface area (Å²) in [5, 5.41) is 2.96. The van der Waals surface area contributed by atoms with Crippen molar-refractivity contribution >= 4 is 23.3 Å². The van der Waals surface area contributed by atoms with E-state index in [0.29, 0.717) is 22.7 Å². The first-order chi connectivity index (χ1) is 15.0. The van der Waals surface area contributed by atoms with Gasteiger partial charge in [0.1, 0.15) is 17.1 Å². The van der Waals surface area contributed by atoms with Crippen LogP contribution in [0, 0.1) is 0 Å². The summed E-state index contributed by atoms with van der Waals surface area (Å²) in [6.07, 6.45) is 0. The standard InChI is InChI=1S/C23H29N3O5/c1-5-25-11-13-26(14-12-25)18-10-9-16(23(28)31-4)15-17(18)24-22(27)21-19(29-2)7-6-8-20(21)30-3/h6-10,15H,5,11-14H2,1-4H3,(H,24,27). The molecule has 0 radical (unpaired) electrons. The monoisotopic (exact) mass is 427 g/mol. The molecule has 31 heavy (non-hydrogen) atoms. The highest BCUT2D eigenvalue weighted by Crippen LogP contribution is 2.33. The Kier molecular flexibility index (Phi) is 7.36. The SMILES string of the molecule is CCN1CCN(c2ccc(C(=O)OC)cc2NC(=O)c2c(OC)cccc2OC)CC1. The third-order valence-corrected chi connectivity index (χ3v) is 5.48. The topological polar surface area (TPSA) is 80.3 Å². The van der Waals surface area contributed by atoms with Crippen molar-refractivity contribution < 1.29 is 23.8 Å². The van der Waals surface area contributed by atoms with Gasteiger partial charge in [-0.25, -0.2) is 4.79 Å². The molecule has 1 fully saturated rings. The van der Waals surface area contributed by atoms with Gasteiger partial charge in [0.2, 0.25) is 0 Å². The number of carbonyl (C=O) groups excluding carboxylic acids is 2. The molecule has 0 bridgehead atoms. The normalized spacial score (nSPS) is 14.1. The Morgan fingerprint density at radius 2 is 1.61 bits per heavy atom. The molecule has 1 N–H and O–H groups in total. The average Bonchev–Trinajstić information content (AvgIpc) is 2.82. The first-order valence-electron chi connectivity index (χ1n) is 10.2. The maximum absolute atomic E-state index is 13.2. The molecule has 166 valence electrons. The van der Waals surface area contributed by atoms with Crippen LogP contribution in [-0.4, -0.2) is 70.8 Å². The second-order valence-corrected chi connectivity index (χ2v) is 7.14. The number of nitrogens with one attached hydrogen (secondary N) is 1. The number of benzene rings is 2. The van der Waals surface area contributed by atoms with Gasteiger partial charge in [0.25, 0.3) is 5.91 Å². The number of likely N-dealkylation sites (N-methyl/N-ethyl adjacent to an activating group) is 1. The predicted octanol–water partition coefficient (Wildman–Crippen LogP) is 2.88. The number of anilines is 2. The van der Waals surface area contributed by atoms with Crippen molar-refractivity contribution in [3.8, 4) is 11.5 Å². The van der Waals surface area contributed by atoms with Gasteiger partial charge in [0.15, 0.2) is 0 Å². The third-order valence-electron chi connectivity index (χ3n) is 5.48. The third kappa shape index (κ3) is 4.91. The zero-order valence-corrected chi connectivity index (χ0v) is 18.4. The van der Waals surface area contributed by atoms with Gasteiger partial charge in [-0.2, -0.15) is 0 Å². The van der Waals surface area contributed by atoms with Crippen LogP contribution in [0.15, 0.2) is 36.4 Å². The summed E-state index contributed by atoms with van der Waals surface area (Å²) in [5.74, 6) is -0.0457. The fourth-order valence-electron chi connectivity index (χ4n) is 3.72. The molecule has 3 rings (SSSR count). The lowest BCUT2D eigenvalue weighted by Crippen LogP contribution is -2.46. The van der Waals surface area contributed by atoms with Gasteiger partial charge in [-0.05, 0) is 36.9 Å². The quantitative estimate of drug-likeness (QED) is 0.681. The summed E-state index contributed by atoms with van der Waals surface area (Å²) in [4.78, 5) is 29.9. The summed E-state index contributed by atoms with van der Waals surface area (Å²) in [6, 6.07) is 10.4. The fourth-order valence-corrected chi connectivity index (χ4v) is 3.72. The molecular weight excluding hydrogens is 398 g/mol. The fraction of sp³-hybridized carbons (Fsp3) is 0.391. The van der Waals surface area contributed by atoms with E-state index >= 15 is 0 Å². The lowest BCUT2D eigenvalue weighted by Gasteiger charge is -2.36. The Morgan fingerprint density at radius 1 is 0.968 bits per heavy atom. The molecule has 0 spiro atoms. The van der Waals surface area contributed by atoms with E-state index in [4.69, 9.17) is 14.2 Å². The molecule has 0 unspecified atom stereocenters. The number of piperazine rings is 1. The number of ether oxygens (including phenoxy) is 3. The molecule has 2 aromatic rings. The Bertz CT molecular complexity index is 917. The maximum atomic E-state index is 13.2. The number of carbonyl (C=O) groups is 2. The molecule has 0 saturated carbocycles. The van der Waals surface area contributed by atoms with E-state index in [-0.39, 0.29) is 11.5 Å². The van der Waals surface area contributed by atoms with E-state index in [1.807, 2.05) is 6.07 Å². The van der Waals surface area contributed by atoms with Crippen molar-refractivity contribution in [3.63, 3.8) is 0 Å².